The van der Waals surface area contributed by atoms with Crippen molar-refractivity contribution in [3.05, 3.63) is 20.3 Å². The standard InChI is InChI=1S/C7H15N.C3H7.W/c1-5-8(6-2)7(3)4;1-3-2;/h7H,1-2,5-6H2,3-4H3;3H,1-2H3;/q-2;-1;. The van der Waals surface area contributed by atoms with Crippen LogP contribution in [0.25, 0.3) is 0 Å². The van der Waals surface area contributed by atoms with Crippen LogP contribution in [-0.4, -0.2) is 24.0 Å². The van der Waals surface area contributed by atoms with Gasteiger partial charge in [-0.1, -0.05) is 13.8 Å². The van der Waals surface area contributed by atoms with Crippen molar-refractivity contribution in [2.24, 2.45) is 0 Å². The Hall–Kier alpha value is 0.648. The summed E-state index contributed by atoms with van der Waals surface area (Å²) in [6, 6.07) is 0.588. The van der Waals surface area contributed by atoms with E-state index in [1.54, 1.807) is 0 Å². The maximum absolute atomic E-state index is 3.76. The molecule has 0 fully saturated rings. The van der Waals surface area contributed by atoms with Crippen LogP contribution in [0.15, 0.2) is 0 Å². The second kappa shape index (κ2) is 14.2. The molecule has 0 heterocycles. The topological polar surface area (TPSA) is 3.24 Å². The molecular formula is C10H22NW-3. The minimum atomic E-state index is 0. The third kappa shape index (κ3) is 13.3. The average molecular weight is 340 g/mol. The molecule has 0 saturated heterocycles. The van der Waals surface area contributed by atoms with Crippen LogP contribution in [0, 0.1) is 20.3 Å². The van der Waals surface area contributed by atoms with E-state index in [0.29, 0.717) is 6.04 Å². The molecule has 0 N–H and O–H groups in total. The van der Waals surface area contributed by atoms with Crippen molar-refractivity contribution in [3.8, 4) is 0 Å². The maximum Gasteiger partial charge on any atom is 0 e. The normalized spacial score (nSPS) is 9.00. The monoisotopic (exact) mass is 340 g/mol. The van der Waals surface area contributed by atoms with Crippen LogP contribution < -0.4 is 0 Å². The van der Waals surface area contributed by atoms with Crippen molar-refractivity contribution in [1.29, 1.82) is 0 Å². The van der Waals surface area contributed by atoms with Crippen molar-refractivity contribution in [2.45, 2.75) is 33.7 Å². The van der Waals surface area contributed by atoms with Gasteiger partial charge in [0.2, 0.25) is 0 Å². The molecule has 0 aromatic rings. The molecule has 0 aliphatic rings. The van der Waals surface area contributed by atoms with Gasteiger partial charge in [-0.2, -0.15) is 13.8 Å². The van der Waals surface area contributed by atoms with Crippen LogP contribution in [0.4, 0.5) is 0 Å². The largest absolute Gasteiger partial charge is 0.360 e. The van der Waals surface area contributed by atoms with Gasteiger partial charge in [-0.05, 0) is 6.04 Å². The van der Waals surface area contributed by atoms with E-state index in [4.69, 9.17) is 0 Å². The van der Waals surface area contributed by atoms with Gasteiger partial charge in [0.1, 0.15) is 0 Å². The predicted molar refractivity (Wildman–Crippen MR) is 53.1 cm³/mol. The fraction of sp³-hybridized carbons (Fsp3) is 0.700. The van der Waals surface area contributed by atoms with E-state index >= 15 is 0 Å². The third-order valence-electron chi connectivity index (χ3n) is 1.30. The molecule has 0 aliphatic heterocycles. The van der Waals surface area contributed by atoms with Crippen LogP contribution in [0.2, 0.25) is 0 Å². The molecule has 12 heavy (non-hydrogen) atoms. The quantitative estimate of drug-likeness (QED) is 0.714. The molecule has 0 aromatic heterocycles. The zero-order valence-corrected chi connectivity index (χ0v) is 11.8. The number of nitrogens with zero attached hydrogens (tertiary/aromatic N) is 1. The zero-order valence-electron chi connectivity index (χ0n) is 8.84. The Bertz CT molecular complexity index is 60.9. The first kappa shape index (κ1) is 18.4. The molecule has 76 valence electrons. The van der Waals surface area contributed by atoms with Gasteiger partial charge >= 0.3 is 0 Å². The van der Waals surface area contributed by atoms with Gasteiger partial charge in [-0.3, -0.25) is 0 Å². The SMILES string of the molecule is C[CH-]C.[CH2-]CN(C[CH2-])C(C)C.[W]. The summed E-state index contributed by atoms with van der Waals surface area (Å²) in [5.41, 5.74) is 0. The van der Waals surface area contributed by atoms with Gasteiger partial charge in [0.05, 0.1) is 0 Å². The summed E-state index contributed by atoms with van der Waals surface area (Å²) in [6.45, 7) is 17.6. The van der Waals surface area contributed by atoms with E-state index in [-0.39, 0.29) is 21.1 Å². The van der Waals surface area contributed by atoms with Crippen LogP contribution in [0.5, 0.6) is 0 Å². The average Bonchev–Trinajstić information content (AvgIpc) is 1.91. The maximum atomic E-state index is 3.76. The summed E-state index contributed by atoms with van der Waals surface area (Å²) >= 11 is 0. The Kier molecular flexibility index (Phi) is 21.8. The van der Waals surface area contributed by atoms with E-state index in [1.165, 1.54) is 0 Å². The summed E-state index contributed by atoms with van der Waals surface area (Å²) < 4.78 is 0. The van der Waals surface area contributed by atoms with Gasteiger partial charge < -0.3 is 25.2 Å². The molecule has 0 radical (unpaired) electrons. The third-order valence-corrected chi connectivity index (χ3v) is 1.30. The molecule has 0 unspecified atom stereocenters. The van der Waals surface area contributed by atoms with E-state index in [0.717, 1.165) is 13.1 Å². The molecular weight excluding hydrogens is 318 g/mol. The first-order valence-electron chi connectivity index (χ1n) is 4.20. The van der Waals surface area contributed by atoms with Crippen molar-refractivity contribution >= 4 is 0 Å². The molecule has 2 heteroatoms. The zero-order chi connectivity index (χ0) is 9.28. The van der Waals surface area contributed by atoms with Gasteiger partial charge in [0.25, 0.3) is 0 Å². The molecule has 0 saturated carbocycles. The number of hydrogen-bond acceptors (Lipinski definition) is 1. The molecule has 0 spiro atoms. The van der Waals surface area contributed by atoms with Gasteiger partial charge in [0.15, 0.2) is 0 Å². The first-order chi connectivity index (χ1) is 5.13. The summed E-state index contributed by atoms with van der Waals surface area (Å²) in [7, 11) is 0. The minimum absolute atomic E-state index is 0. The molecule has 0 aromatic carbocycles. The molecule has 0 atom stereocenters. The Balaban J connectivity index is -0.000000177. The Labute approximate surface area is 93.2 Å². The minimum Gasteiger partial charge on any atom is -0.360 e. The fourth-order valence-corrected chi connectivity index (χ4v) is 0.628. The van der Waals surface area contributed by atoms with Crippen molar-refractivity contribution in [3.63, 3.8) is 0 Å². The van der Waals surface area contributed by atoms with E-state index in [9.17, 15) is 0 Å². The van der Waals surface area contributed by atoms with Crippen molar-refractivity contribution in [2.75, 3.05) is 13.1 Å². The van der Waals surface area contributed by atoms with Crippen LogP contribution in [-0.2, 0) is 21.1 Å². The molecule has 0 amide bonds. The van der Waals surface area contributed by atoms with Crippen LogP contribution in [0.3, 0.4) is 0 Å². The predicted octanol–water partition coefficient (Wildman–Crippen LogP) is 2.59. The number of hydrogen-bond donors (Lipinski definition) is 0. The molecule has 0 aliphatic carbocycles. The van der Waals surface area contributed by atoms with Crippen molar-refractivity contribution in [1.82, 2.24) is 4.90 Å². The summed E-state index contributed by atoms with van der Waals surface area (Å²) in [4.78, 5) is 2.19. The van der Waals surface area contributed by atoms with E-state index in [1.807, 2.05) is 20.3 Å². The Morgan fingerprint density at radius 2 is 1.42 bits per heavy atom. The number of rotatable bonds is 3. The molecule has 0 bridgehead atoms. The van der Waals surface area contributed by atoms with Gasteiger partial charge in [-0.25, -0.2) is 0 Å². The van der Waals surface area contributed by atoms with Crippen LogP contribution >= 0.6 is 0 Å². The molecule has 0 rings (SSSR count). The fourth-order valence-electron chi connectivity index (χ4n) is 0.628. The first-order valence-corrected chi connectivity index (χ1v) is 4.20. The summed E-state index contributed by atoms with van der Waals surface area (Å²) in [6.07, 6.45) is 2.00. The van der Waals surface area contributed by atoms with Gasteiger partial charge in [0, 0.05) is 21.1 Å². The van der Waals surface area contributed by atoms with E-state index < -0.39 is 0 Å². The van der Waals surface area contributed by atoms with Crippen molar-refractivity contribution < 1.29 is 21.1 Å². The Morgan fingerprint density at radius 3 is 1.42 bits per heavy atom. The molecule has 1 nitrogen and oxygen atoms in total. The van der Waals surface area contributed by atoms with E-state index in [2.05, 4.69) is 32.6 Å². The Morgan fingerprint density at radius 1 is 1.17 bits per heavy atom. The second-order valence-corrected chi connectivity index (χ2v) is 2.71. The van der Waals surface area contributed by atoms with Crippen LogP contribution in [0.1, 0.15) is 27.7 Å². The summed E-state index contributed by atoms with van der Waals surface area (Å²) in [5, 5.41) is 0. The second-order valence-electron chi connectivity index (χ2n) is 2.71. The van der Waals surface area contributed by atoms with Gasteiger partial charge in [-0.15, -0.1) is 13.1 Å². The smallest absolute Gasteiger partial charge is 0 e. The summed E-state index contributed by atoms with van der Waals surface area (Å²) in [5.74, 6) is 0.